The SMILES string of the molecule is CCOC(=O)c1nc(-c2ccc(Cl)c(F)c2)sc1C. The molecule has 2 rings (SSSR count). The topological polar surface area (TPSA) is 39.2 Å². The smallest absolute Gasteiger partial charge is 0.358 e. The van der Waals surface area contributed by atoms with E-state index < -0.39 is 11.8 Å². The molecule has 0 fully saturated rings. The average molecular weight is 300 g/mol. The summed E-state index contributed by atoms with van der Waals surface area (Å²) in [6, 6.07) is 4.43. The Hall–Kier alpha value is -1.46. The van der Waals surface area contributed by atoms with Gasteiger partial charge in [0.15, 0.2) is 5.69 Å². The van der Waals surface area contributed by atoms with E-state index in [-0.39, 0.29) is 10.7 Å². The van der Waals surface area contributed by atoms with E-state index in [1.54, 1.807) is 19.9 Å². The van der Waals surface area contributed by atoms with Crippen molar-refractivity contribution < 1.29 is 13.9 Å². The van der Waals surface area contributed by atoms with Crippen LogP contribution in [0.4, 0.5) is 4.39 Å². The molecule has 100 valence electrons. The number of nitrogens with zero attached hydrogens (tertiary/aromatic N) is 1. The summed E-state index contributed by atoms with van der Waals surface area (Å²) in [5.41, 5.74) is 0.864. The quantitative estimate of drug-likeness (QED) is 0.801. The van der Waals surface area contributed by atoms with E-state index in [9.17, 15) is 9.18 Å². The number of hydrogen-bond acceptors (Lipinski definition) is 4. The van der Waals surface area contributed by atoms with Gasteiger partial charge in [0.1, 0.15) is 10.8 Å². The summed E-state index contributed by atoms with van der Waals surface area (Å²) in [6.07, 6.45) is 0. The summed E-state index contributed by atoms with van der Waals surface area (Å²) in [5, 5.41) is 0.624. The maximum absolute atomic E-state index is 13.4. The molecule has 1 heterocycles. The minimum atomic E-state index is -0.510. The number of carbonyl (C=O) groups excluding carboxylic acids is 1. The van der Waals surface area contributed by atoms with Crippen molar-refractivity contribution in [3.05, 3.63) is 39.6 Å². The number of benzene rings is 1. The van der Waals surface area contributed by atoms with Crippen LogP contribution in [0.25, 0.3) is 10.6 Å². The monoisotopic (exact) mass is 299 g/mol. The highest BCUT2D eigenvalue weighted by Gasteiger charge is 2.17. The molecule has 1 aromatic carbocycles. The molecule has 3 nitrogen and oxygen atoms in total. The van der Waals surface area contributed by atoms with Crippen molar-refractivity contribution in [2.45, 2.75) is 13.8 Å². The minimum Gasteiger partial charge on any atom is -0.461 e. The standard InChI is InChI=1S/C13H11ClFNO2S/c1-3-18-13(17)11-7(2)19-12(16-11)8-4-5-9(14)10(15)6-8/h4-6H,3H2,1-2H3. The van der Waals surface area contributed by atoms with Gasteiger partial charge in [-0.3, -0.25) is 0 Å². The molecule has 19 heavy (non-hydrogen) atoms. The second kappa shape index (κ2) is 5.67. The molecule has 0 atom stereocenters. The Morgan fingerprint density at radius 3 is 2.89 bits per heavy atom. The van der Waals surface area contributed by atoms with Crippen LogP contribution < -0.4 is 0 Å². The van der Waals surface area contributed by atoms with E-state index in [1.165, 1.54) is 23.5 Å². The van der Waals surface area contributed by atoms with Crippen molar-refractivity contribution in [2.75, 3.05) is 6.61 Å². The molecule has 0 aliphatic heterocycles. The predicted octanol–water partition coefficient (Wildman–Crippen LogP) is 4.09. The second-order valence-electron chi connectivity index (χ2n) is 3.77. The van der Waals surface area contributed by atoms with Crippen molar-refractivity contribution >= 4 is 28.9 Å². The number of thiazole rings is 1. The Kier molecular flexibility index (Phi) is 4.17. The van der Waals surface area contributed by atoms with E-state index >= 15 is 0 Å². The van der Waals surface area contributed by atoms with Crippen molar-refractivity contribution in [1.29, 1.82) is 0 Å². The fourth-order valence-electron chi connectivity index (χ4n) is 1.54. The molecule has 0 N–H and O–H groups in total. The van der Waals surface area contributed by atoms with Crippen LogP contribution in [0, 0.1) is 12.7 Å². The number of rotatable bonds is 3. The lowest BCUT2D eigenvalue weighted by atomic mass is 10.2. The molecule has 0 amide bonds. The molecule has 0 radical (unpaired) electrons. The van der Waals surface area contributed by atoms with E-state index in [4.69, 9.17) is 16.3 Å². The molecule has 6 heteroatoms. The first kappa shape index (κ1) is 14.0. The molecular weight excluding hydrogens is 289 g/mol. The highest BCUT2D eigenvalue weighted by molar-refractivity contribution is 7.15. The summed E-state index contributed by atoms with van der Waals surface area (Å²) < 4.78 is 18.3. The predicted molar refractivity (Wildman–Crippen MR) is 73.2 cm³/mol. The fourth-order valence-corrected chi connectivity index (χ4v) is 2.55. The van der Waals surface area contributed by atoms with Crippen LogP contribution in [0.15, 0.2) is 18.2 Å². The number of ether oxygens (including phenoxy) is 1. The van der Waals surface area contributed by atoms with Crippen LogP contribution in [0.5, 0.6) is 0 Å². The van der Waals surface area contributed by atoms with Crippen molar-refractivity contribution in [2.24, 2.45) is 0 Å². The van der Waals surface area contributed by atoms with Crippen molar-refractivity contribution in [3.63, 3.8) is 0 Å². The third-order valence-corrected chi connectivity index (χ3v) is 3.76. The summed E-state index contributed by atoms with van der Waals surface area (Å²) in [4.78, 5) is 16.6. The van der Waals surface area contributed by atoms with E-state index in [1.807, 2.05) is 0 Å². The molecule has 0 aliphatic carbocycles. The molecule has 1 aromatic heterocycles. The maximum Gasteiger partial charge on any atom is 0.358 e. The Morgan fingerprint density at radius 1 is 1.53 bits per heavy atom. The first-order valence-electron chi connectivity index (χ1n) is 5.63. The third-order valence-electron chi connectivity index (χ3n) is 2.43. The zero-order valence-electron chi connectivity index (χ0n) is 10.4. The van der Waals surface area contributed by atoms with Crippen LogP contribution in [-0.4, -0.2) is 17.6 Å². The lowest BCUT2D eigenvalue weighted by Crippen LogP contribution is -2.06. The zero-order chi connectivity index (χ0) is 14.0. The zero-order valence-corrected chi connectivity index (χ0v) is 11.9. The third kappa shape index (κ3) is 2.93. The molecule has 0 saturated heterocycles. The van der Waals surface area contributed by atoms with Crippen molar-refractivity contribution in [1.82, 2.24) is 4.98 Å². The number of esters is 1. The van der Waals surface area contributed by atoms with Crippen LogP contribution in [0.2, 0.25) is 5.02 Å². The van der Waals surface area contributed by atoms with E-state index in [2.05, 4.69) is 4.98 Å². The van der Waals surface area contributed by atoms with Gasteiger partial charge in [-0.1, -0.05) is 17.7 Å². The van der Waals surface area contributed by atoms with Crippen LogP contribution in [0.1, 0.15) is 22.3 Å². The number of aryl methyl sites for hydroxylation is 1. The largest absolute Gasteiger partial charge is 0.461 e. The molecule has 2 aromatic rings. The van der Waals surface area contributed by atoms with Gasteiger partial charge in [-0.05, 0) is 26.0 Å². The van der Waals surface area contributed by atoms with Gasteiger partial charge in [0, 0.05) is 10.4 Å². The number of halogens is 2. The van der Waals surface area contributed by atoms with Gasteiger partial charge < -0.3 is 4.74 Å². The van der Waals surface area contributed by atoms with Gasteiger partial charge in [0.05, 0.1) is 11.6 Å². The van der Waals surface area contributed by atoms with Crippen LogP contribution in [0.3, 0.4) is 0 Å². The Morgan fingerprint density at radius 2 is 2.26 bits per heavy atom. The lowest BCUT2D eigenvalue weighted by Gasteiger charge is -1.99. The first-order chi connectivity index (χ1) is 9.02. The molecular formula is C13H11ClFNO2S. The Balaban J connectivity index is 2.38. The van der Waals surface area contributed by atoms with Gasteiger partial charge in [-0.2, -0.15) is 0 Å². The van der Waals surface area contributed by atoms with Crippen LogP contribution >= 0.6 is 22.9 Å². The maximum atomic E-state index is 13.4. The van der Waals surface area contributed by atoms with Gasteiger partial charge in [0.25, 0.3) is 0 Å². The van der Waals surface area contributed by atoms with Gasteiger partial charge >= 0.3 is 5.97 Å². The fraction of sp³-hybridized carbons (Fsp3) is 0.231. The van der Waals surface area contributed by atoms with Gasteiger partial charge in [-0.25, -0.2) is 14.2 Å². The second-order valence-corrected chi connectivity index (χ2v) is 5.38. The molecule has 0 unspecified atom stereocenters. The molecule has 0 saturated carbocycles. The highest BCUT2D eigenvalue weighted by Crippen LogP contribution is 2.30. The van der Waals surface area contributed by atoms with Gasteiger partial charge in [0.2, 0.25) is 0 Å². The minimum absolute atomic E-state index is 0.0580. The van der Waals surface area contributed by atoms with E-state index in [0.29, 0.717) is 17.2 Å². The summed E-state index contributed by atoms with van der Waals surface area (Å²) >= 11 is 6.94. The van der Waals surface area contributed by atoms with E-state index in [0.717, 1.165) is 4.88 Å². The Labute approximate surface area is 119 Å². The summed E-state index contributed by atoms with van der Waals surface area (Å²) in [6.45, 7) is 3.80. The number of carbonyl (C=O) groups is 1. The summed E-state index contributed by atoms with van der Waals surface area (Å²) in [7, 11) is 0. The number of hydrogen-bond donors (Lipinski definition) is 0. The first-order valence-corrected chi connectivity index (χ1v) is 6.82. The molecule has 0 aliphatic rings. The van der Waals surface area contributed by atoms with Gasteiger partial charge in [-0.15, -0.1) is 11.3 Å². The Bertz CT molecular complexity index is 627. The normalized spacial score (nSPS) is 10.5. The van der Waals surface area contributed by atoms with Crippen LogP contribution in [-0.2, 0) is 4.74 Å². The lowest BCUT2D eigenvalue weighted by molar-refractivity contribution is 0.0519. The highest BCUT2D eigenvalue weighted by atomic mass is 35.5. The average Bonchev–Trinajstić information content (AvgIpc) is 2.75. The number of aromatic nitrogens is 1. The summed E-state index contributed by atoms with van der Waals surface area (Å²) in [5.74, 6) is -0.971. The molecule has 0 bridgehead atoms. The van der Waals surface area contributed by atoms with Crippen molar-refractivity contribution in [3.8, 4) is 10.6 Å². The molecule has 0 spiro atoms.